The van der Waals surface area contributed by atoms with Gasteiger partial charge in [0, 0.05) is 19.1 Å². The molecule has 196 valence electrons. The molecule has 7 heteroatoms. The van der Waals surface area contributed by atoms with E-state index in [9.17, 15) is 10.2 Å². The first-order valence-corrected chi connectivity index (χ1v) is 12.3. The van der Waals surface area contributed by atoms with Crippen LogP contribution >= 0.6 is 0 Å². The summed E-state index contributed by atoms with van der Waals surface area (Å²) in [6, 6.07) is 15.8. The largest absolute Gasteiger partial charge is 0.491 e. The summed E-state index contributed by atoms with van der Waals surface area (Å²) in [5, 5.41) is 19.8. The second-order valence-corrected chi connectivity index (χ2v) is 9.10. The highest BCUT2D eigenvalue weighted by Crippen LogP contribution is 2.33. The molecule has 0 bridgehead atoms. The molecule has 0 fully saturated rings. The monoisotopic (exact) mass is 490 g/mol. The first-order valence-electron chi connectivity index (χ1n) is 12.3. The summed E-state index contributed by atoms with van der Waals surface area (Å²) in [6.45, 7) is 9.01. The molecular formula is C28H42O7. The summed E-state index contributed by atoms with van der Waals surface area (Å²) >= 11 is 0. The van der Waals surface area contributed by atoms with Gasteiger partial charge in [-0.25, -0.2) is 0 Å². The zero-order chi connectivity index (χ0) is 25.5. The topological polar surface area (TPSA) is 86.6 Å². The van der Waals surface area contributed by atoms with Crippen molar-refractivity contribution in [1.29, 1.82) is 0 Å². The van der Waals surface area contributed by atoms with Gasteiger partial charge in [0.2, 0.25) is 0 Å². The lowest BCUT2D eigenvalue weighted by Crippen LogP contribution is -2.24. The van der Waals surface area contributed by atoms with Gasteiger partial charge in [-0.1, -0.05) is 51.5 Å². The molecule has 2 atom stereocenters. The number of hydrogen-bond donors (Lipinski definition) is 2. The zero-order valence-corrected chi connectivity index (χ0v) is 21.6. The summed E-state index contributed by atoms with van der Waals surface area (Å²) in [4.78, 5) is 0. The van der Waals surface area contributed by atoms with Gasteiger partial charge in [-0.15, -0.1) is 0 Å². The molecule has 0 saturated heterocycles. The number of benzene rings is 2. The quantitative estimate of drug-likeness (QED) is 0.306. The van der Waals surface area contributed by atoms with Crippen LogP contribution in [-0.2, 0) is 19.6 Å². The van der Waals surface area contributed by atoms with Crippen LogP contribution in [0, 0.1) is 0 Å². The van der Waals surface area contributed by atoms with Crippen molar-refractivity contribution in [2.24, 2.45) is 0 Å². The second-order valence-electron chi connectivity index (χ2n) is 9.10. The van der Waals surface area contributed by atoms with Gasteiger partial charge in [0.05, 0.1) is 26.4 Å². The third-order valence-corrected chi connectivity index (χ3v) is 5.72. The van der Waals surface area contributed by atoms with Gasteiger partial charge in [-0.2, -0.15) is 0 Å². The van der Waals surface area contributed by atoms with E-state index in [-0.39, 0.29) is 31.8 Å². The van der Waals surface area contributed by atoms with E-state index >= 15 is 0 Å². The van der Waals surface area contributed by atoms with Crippen molar-refractivity contribution in [3.8, 4) is 11.5 Å². The fourth-order valence-corrected chi connectivity index (χ4v) is 3.46. The SMILES string of the molecule is CCCCOCCOCC(O)COc1ccc(C(C)(C)c2ccc(OCC(O)COC)cc2)cc1. The van der Waals surface area contributed by atoms with Gasteiger partial charge in [0.25, 0.3) is 0 Å². The third-order valence-electron chi connectivity index (χ3n) is 5.72. The zero-order valence-electron chi connectivity index (χ0n) is 21.6. The Labute approximate surface area is 209 Å². The Balaban J connectivity index is 1.79. The lowest BCUT2D eigenvalue weighted by atomic mass is 9.78. The molecule has 0 amide bonds. The fraction of sp³-hybridized carbons (Fsp3) is 0.571. The van der Waals surface area contributed by atoms with E-state index in [0.717, 1.165) is 30.6 Å². The molecule has 2 rings (SSSR count). The number of ether oxygens (including phenoxy) is 5. The number of rotatable bonds is 18. The van der Waals surface area contributed by atoms with Crippen LogP contribution in [0.2, 0.25) is 0 Å². The Morgan fingerprint density at radius 3 is 1.66 bits per heavy atom. The molecule has 0 aliphatic heterocycles. The van der Waals surface area contributed by atoms with E-state index in [0.29, 0.717) is 24.7 Å². The fourth-order valence-electron chi connectivity index (χ4n) is 3.46. The Morgan fingerprint density at radius 2 is 1.17 bits per heavy atom. The number of methoxy groups -OCH3 is 1. The minimum atomic E-state index is -0.696. The first-order chi connectivity index (χ1) is 16.9. The predicted octanol–water partition coefficient (Wildman–Crippen LogP) is 3.97. The van der Waals surface area contributed by atoms with Crippen LogP contribution in [0.3, 0.4) is 0 Å². The Morgan fingerprint density at radius 1 is 0.686 bits per heavy atom. The molecule has 0 radical (unpaired) electrons. The predicted molar refractivity (Wildman–Crippen MR) is 136 cm³/mol. The van der Waals surface area contributed by atoms with Crippen molar-refractivity contribution >= 4 is 0 Å². The van der Waals surface area contributed by atoms with Crippen LogP contribution in [0.25, 0.3) is 0 Å². The molecule has 0 aromatic heterocycles. The van der Waals surface area contributed by atoms with Crippen LogP contribution in [-0.4, -0.2) is 75.8 Å². The van der Waals surface area contributed by atoms with E-state index in [1.165, 1.54) is 0 Å². The summed E-state index contributed by atoms with van der Waals surface area (Å²) in [5.41, 5.74) is 2.06. The van der Waals surface area contributed by atoms with Gasteiger partial charge in [0.1, 0.15) is 36.9 Å². The van der Waals surface area contributed by atoms with Gasteiger partial charge in [-0.05, 0) is 41.8 Å². The molecule has 2 N–H and O–H groups in total. The van der Waals surface area contributed by atoms with E-state index in [1.54, 1.807) is 7.11 Å². The molecule has 0 aliphatic rings. The Hall–Kier alpha value is -2.16. The van der Waals surface area contributed by atoms with Crippen molar-refractivity contribution < 1.29 is 33.9 Å². The van der Waals surface area contributed by atoms with Crippen LogP contribution < -0.4 is 9.47 Å². The van der Waals surface area contributed by atoms with Gasteiger partial charge < -0.3 is 33.9 Å². The van der Waals surface area contributed by atoms with Gasteiger partial charge in [0.15, 0.2) is 0 Å². The van der Waals surface area contributed by atoms with Gasteiger partial charge in [-0.3, -0.25) is 0 Å². The van der Waals surface area contributed by atoms with Crippen LogP contribution in [0.4, 0.5) is 0 Å². The minimum absolute atomic E-state index is 0.167. The smallest absolute Gasteiger partial charge is 0.119 e. The summed E-state index contributed by atoms with van der Waals surface area (Å²) in [7, 11) is 1.55. The molecular weight excluding hydrogens is 448 g/mol. The van der Waals surface area contributed by atoms with Crippen molar-refractivity contribution in [3.05, 3.63) is 59.7 Å². The van der Waals surface area contributed by atoms with Crippen molar-refractivity contribution in [2.75, 3.05) is 53.4 Å². The number of aliphatic hydroxyl groups excluding tert-OH is 2. The number of hydrogen-bond acceptors (Lipinski definition) is 7. The lowest BCUT2D eigenvalue weighted by molar-refractivity contribution is -0.0111. The van der Waals surface area contributed by atoms with Crippen LogP contribution in [0.15, 0.2) is 48.5 Å². The standard InChI is InChI=1S/C28H42O7/c1-5-6-15-32-16-17-33-19-25(30)21-35-27-13-9-23(10-14-27)28(2,3)22-7-11-26(12-8-22)34-20-24(29)18-31-4/h7-14,24-25,29-30H,5-6,15-21H2,1-4H3. The summed E-state index contributed by atoms with van der Waals surface area (Å²) in [6.07, 6.45) is 0.814. The summed E-state index contributed by atoms with van der Waals surface area (Å²) in [5.74, 6) is 1.40. The van der Waals surface area contributed by atoms with Crippen LogP contribution in [0.1, 0.15) is 44.7 Å². The normalized spacial score (nSPS) is 13.4. The maximum absolute atomic E-state index is 10.1. The van der Waals surface area contributed by atoms with Crippen molar-refractivity contribution in [2.45, 2.75) is 51.2 Å². The van der Waals surface area contributed by atoms with Gasteiger partial charge >= 0.3 is 0 Å². The molecule has 0 spiro atoms. The highest BCUT2D eigenvalue weighted by molar-refractivity contribution is 5.41. The maximum Gasteiger partial charge on any atom is 0.119 e. The highest BCUT2D eigenvalue weighted by Gasteiger charge is 2.23. The molecule has 35 heavy (non-hydrogen) atoms. The lowest BCUT2D eigenvalue weighted by Gasteiger charge is -2.26. The molecule has 0 aliphatic carbocycles. The average molecular weight is 491 g/mol. The van der Waals surface area contributed by atoms with Crippen molar-refractivity contribution in [1.82, 2.24) is 0 Å². The van der Waals surface area contributed by atoms with E-state index in [2.05, 4.69) is 20.8 Å². The molecule has 0 heterocycles. The molecule has 7 nitrogen and oxygen atoms in total. The van der Waals surface area contributed by atoms with E-state index in [4.69, 9.17) is 23.7 Å². The van der Waals surface area contributed by atoms with Crippen molar-refractivity contribution in [3.63, 3.8) is 0 Å². The molecule has 2 unspecified atom stereocenters. The van der Waals surface area contributed by atoms with Crippen LogP contribution in [0.5, 0.6) is 11.5 Å². The maximum atomic E-state index is 10.1. The number of unbranched alkanes of at least 4 members (excludes halogenated alkanes) is 1. The van der Waals surface area contributed by atoms with E-state index in [1.807, 2.05) is 48.5 Å². The van der Waals surface area contributed by atoms with E-state index < -0.39 is 12.2 Å². The molecule has 2 aromatic rings. The first kappa shape index (κ1) is 29.1. The average Bonchev–Trinajstić information content (AvgIpc) is 2.86. The molecule has 2 aromatic carbocycles. The number of aliphatic hydroxyl groups is 2. The third kappa shape index (κ3) is 10.5. The molecule has 0 saturated carbocycles. The Bertz CT molecular complexity index is 805. The second kappa shape index (κ2) is 15.8. The highest BCUT2D eigenvalue weighted by atomic mass is 16.5. The summed E-state index contributed by atoms with van der Waals surface area (Å²) < 4.78 is 27.1. The Kier molecular flexibility index (Phi) is 13.1. The minimum Gasteiger partial charge on any atom is -0.491 e.